The van der Waals surface area contributed by atoms with E-state index in [0.717, 1.165) is 5.57 Å². The molecule has 0 saturated carbocycles. The maximum Gasteiger partial charge on any atom is 0.337 e. The monoisotopic (exact) mass is 265 g/mol. The molecule has 0 fully saturated rings. The normalized spacial score (nSPS) is 13.3. The lowest BCUT2D eigenvalue weighted by atomic mass is 10.1. The van der Waals surface area contributed by atoms with E-state index in [4.69, 9.17) is 10.4 Å². The summed E-state index contributed by atoms with van der Waals surface area (Å²) in [5.74, 6) is -1.00. The molecule has 1 aliphatic rings. The minimum atomic E-state index is -1.00. The van der Waals surface area contributed by atoms with Crippen molar-refractivity contribution < 1.29 is 9.90 Å². The molecule has 5 heteroatoms. The van der Waals surface area contributed by atoms with Gasteiger partial charge in [-0.15, -0.1) is 0 Å². The lowest BCUT2D eigenvalue weighted by Crippen LogP contribution is -2.02. The van der Waals surface area contributed by atoms with E-state index in [-0.39, 0.29) is 5.57 Å². The van der Waals surface area contributed by atoms with E-state index < -0.39 is 5.97 Å². The van der Waals surface area contributed by atoms with E-state index in [0.29, 0.717) is 16.8 Å². The molecule has 0 saturated heterocycles. The van der Waals surface area contributed by atoms with Gasteiger partial charge >= 0.3 is 5.97 Å². The van der Waals surface area contributed by atoms with Gasteiger partial charge in [-0.3, -0.25) is 4.98 Å². The van der Waals surface area contributed by atoms with Crippen LogP contribution < -0.4 is 5.32 Å². The second kappa shape index (κ2) is 5.67. The molecule has 5 nitrogen and oxygen atoms in total. The van der Waals surface area contributed by atoms with Crippen LogP contribution in [-0.2, 0) is 4.79 Å². The molecule has 2 N–H and O–H groups in total. The first kappa shape index (κ1) is 13.3. The van der Waals surface area contributed by atoms with Gasteiger partial charge in [0.1, 0.15) is 0 Å². The fraction of sp³-hybridized carbons (Fsp3) is 0. The fourth-order valence-electron chi connectivity index (χ4n) is 1.60. The summed E-state index contributed by atoms with van der Waals surface area (Å²) in [5, 5.41) is 20.5. The van der Waals surface area contributed by atoms with Gasteiger partial charge in [-0.1, -0.05) is 12.7 Å². The van der Waals surface area contributed by atoms with Crippen LogP contribution in [0.2, 0.25) is 0 Å². The third-order valence-corrected chi connectivity index (χ3v) is 2.71. The number of nitrogens with zero attached hydrogens (tertiary/aromatic N) is 2. The molecule has 0 aliphatic carbocycles. The number of allylic oxidation sites excluding steroid dienone is 3. The molecule has 20 heavy (non-hydrogen) atoms. The van der Waals surface area contributed by atoms with E-state index in [1.54, 1.807) is 30.6 Å². The molecule has 98 valence electrons. The molecule has 2 heterocycles. The van der Waals surface area contributed by atoms with Gasteiger partial charge < -0.3 is 10.4 Å². The molecule has 2 rings (SSSR count). The number of nitriles is 1. The second-order valence-electron chi connectivity index (χ2n) is 4.03. The first-order valence-electron chi connectivity index (χ1n) is 5.75. The molecular formula is C15H11N3O2. The average molecular weight is 265 g/mol. The van der Waals surface area contributed by atoms with Gasteiger partial charge in [-0.2, -0.15) is 5.26 Å². The van der Waals surface area contributed by atoms with Crippen LogP contribution in [0.15, 0.2) is 55.0 Å². The van der Waals surface area contributed by atoms with Gasteiger partial charge in [0.15, 0.2) is 0 Å². The van der Waals surface area contributed by atoms with Crippen molar-refractivity contribution in [2.24, 2.45) is 0 Å². The minimum absolute atomic E-state index is 0.158. The van der Waals surface area contributed by atoms with Gasteiger partial charge in [0.05, 0.1) is 22.9 Å². The molecule has 1 aromatic heterocycles. The molecule has 0 amide bonds. The summed E-state index contributed by atoms with van der Waals surface area (Å²) in [4.78, 5) is 15.1. The van der Waals surface area contributed by atoms with Gasteiger partial charge in [0, 0.05) is 29.7 Å². The molecule has 0 spiro atoms. The van der Waals surface area contributed by atoms with E-state index in [9.17, 15) is 4.79 Å². The van der Waals surface area contributed by atoms with Crippen LogP contribution >= 0.6 is 0 Å². The molecule has 0 radical (unpaired) electrons. The Hall–Kier alpha value is -3.13. The molecule has 1 aromatic rings. The number of nitrogens with one attached hydrogen (secondary N) is 1. The van der Waals surface area contributed by atoms with Crippen LogP contribution in [-0.4, -0.2) is 16.1 Å². The molecule has 0 unspecified atom stereocenters. The standard InChI is InChI=1S/C15H11N3O2/c1-10(6-16)11-4-5-14(18-9-11)12-2-3-13(15(19)20)8-17-7-12/h2-5,7-9,17H,1H2,(H,19,20). The summed E-state index contributed by atoms with van der Waals surface area (Å²) in [7, 11) is 0. The number of pyridine rings is 1. The maximum absolute atomic E-state index is 10.9. The Balaban J connectivity index is 2.24. The lowest BCUT2D eigenvalue weighted by Gasteiger charge is -2.02. The van der Waals surface area contributed by atoms with Crippen LogP contribution in [0, 0.1) is 11.3 Å². The third-order valence-electron chi connectivity index (χ3n) is 2.71. The molecule has 0 atom stereocenters. The van der Waals surface area contributed by atoms with Gasteiger partial charge in [-0.25, -0.2) is 4.79 Å². The number of carboxylic acid groups (broad SMARTS) is 1. The van der Waals surface area contributed by atoms with E-state index in [1.807, 2.05) is 6.07 Å². The summed E-state index contributed by atoms with van der Waals surface area (Å²) in [6.45, 7) is 3.61. The predicted octanol–water partition coefficient (Wildman–Crippen LogP) is 2.09. The van der Waals surface area contributed by atoms with E-state index >= 15 is 0 Å². The SMILES string of the molecule is C=C(C#N)c1ccc(C2=CNC=C(C(=O)O)C=C2)nc1. The molecule has 0 aromatic carbocycles. The van der Waals surface area contributed by atoms with E-state index in [2.05, 4.69) is 16.9 Å². The highest BCUT2D eigenvalue weighted by Crippen LogP contribution is 2.18. The summed E-state index contributed by atoms with van der Waals surface area (Å²) in [5.41, 5.74) is 2.58. The van der Waals surface area contributed by atoms with Gasteiger partial charge in [0.25, 0.3) is 0 Å². The minimum Gasteiger partial charge on any atom is -0.478 e. The van der Waals surface area contributed by atoms with Crippen molar-refractivity contribution >= 4 is 17.1 Å². The quantitative estimate of drug-likeness (QED) is 0.817. The Morgan fingerprint density at radius 1 is 1.35 bits per heavy atom. The third kappa shape index (κ3) is 2.82. The van der Waals surface area contributed by atoms with Crippen molar-refractivity contribution in [2.75, 3.05) is 0 Å². The summed E-state index contributed by atoms with van der Waals surface area (Å²) >= 11 is 0. The number of carboxylic acids is 1. The number of rotatable bonds is 3. The van der Waals surface area contributed by atoms with Gasteiger partial charge in [-0.05, 0) is 18.2 Å². The van der Waals surface area contributed by atoms with Crippen molar-refractivity contribution in [3.63, 3.8) is 0 Å². The van der Waals surface area contributed by atoms with Gasteiger partial charge in [0.2, 0.25) is 0 Å². The lowest BCUT2D eigenvalue weighted by molar-refractivity contribution is -0.132. The van der Waals surface area contributed by atoms with Crippen molar-refractivity contribution in [3.8, 4) is 6.07 Å². The summed E-state index contributed by atoms with van der Waals surface area (Å²) in [6.07, 6.45) is 7.79. The van der Waals surface area contributed by atoms with Crippen molar-refractivity contribution in [2.45, 2.75) is 0 Å². The second-order valence-corrected chi connectivity index (χ2v) is 4.03. The topological polar surface area (TPSA) is 86.0 Å². The highest BCUT2D eigenvalue weighted by molar-refractivity contribution is 5.91. The predicted molar refractivity (Wildman–Crippen MR) is 74.9 cm³/mol. The number of hydrogen-bond acceptors (Lipinski definition) is 4. The van der Waals surface area contributed by atoms with Crippen LogP contribution in [0.4, 0.5) is 0 Å². The van der Waals surface area contributed by atoms with Crippen LogP contribution in [0.3, 0.4) is 0 Å². The zero-order valence-electron chi connectivity index (χ0n) is 10.5. The van der Waals surface area contributed by atoms with Crippen molar-refractivity contribution in [1.82, 2.24) is 10.3 Å². The largest absolute Gasteiger partial charge is 0.478 e. The smallest absolute Gasteiger partial charge is 0.337 e. The number of aromatic nitrogens is 1. The first-order chi connectivity index (χ1) is 9.61. The first-order valence-corrected chi connectivity index (χ1v) is 5.75. The summed E-state index contributed by atoms with van der Waals surface area (Å²) in [6, 6.07) is 5.46. The maximum atomic E-state index is 10.9. The number of hydrogen-bond donors (Lipinski definition) is 2. The zero-order chi connectivity index (χ0) is 14.5. The highest BCUT2D eigenvalue weighted by atomic mass is 16.4. The number of carbonyl (C=O) groups is 1. The van der Waals surface area contributed by atoms with Crippen LogP contribution in [0.5, 0.6) is 0 Å². The fourth-order valence-corrected chi connectivity index (χ4v) is 1.60. The Bertz CT molecular complexity index is 689. The average Bonchev–Trinajstić information content (AvgIpc) is 2.72. The highest BCUT2D eigenvalue weighted by Gasteiger charge is 2.08. The Morgan fingerprint density at radius 2 is 2.15 bits per heavy atom. The molecular weight excluding hydrogens is 254 g/mol. The van der Waals surface area contributed by atoms with E-state index in [1.165, 1.54) is 12.3 Å². The Morgan fingerprint density at radius 3 is 2.75 bits per heavy atom. The van der Waals surface area contributed by atoms with Crippen molar-refractivity contribution in [1.29, 1.82) is 5.26 Å². The molecule has 1 aliphatic heterocycles. The Labute approximate surface area is 115 Å². The summed E-state index contributed by atoms with van der Waals surface area (Å²) < 4.78 is 0. The number of aliphatic carboxylic acids is 1. The van der Waals surface area contributed by atoms with Crippen LogP contribution in [0.1, 0.15) is 11.3 Å². The van der Waals surface area contributed by atoms with Crippen molar-refractivity contribution in [3.05, 3.63) is 66.3 Å². The zero-order valence-corrected chi connectivity index (χ0v) is 10.5. The molecule has 0 bridgehead atoms. The Kier molecular flexibility index (Phi) is 3.77. The van der Waals surface area contributed by atoms with Crippen LogP contribution in [0.25, 0.3) is 11.1 Å².